The van der Waals surface area contributed by atoms with Crippen LogP contribution in [0.4, 0.5) is 0 Å². The van der Waals surface area contributed by atoms with Gasteiger partial charge in [-0.3, -0.25) is 0 Å². The molecule has 10 heteroatoms. The van der Waals surface area contributed by atoms with Gasteiger partial charge in [0.05, 0.1) is 41.6 Å². The van der Waals surface area contributed by atoms with Crippen LogP contribution in [0.5, 0.6) is 0 Å². The summed E-state index contributed by atoms with van der Waals surface area (Å²) in [7, 11) is 0. The van der Waals surface area contributed by atoms with Crippen molar-refractivity contribution >= 4 is 11.9 Å². The Kier molecular flexibility index (Phi) is 10.4. The Hall–Kier alpha value is -3.43. The molecule has 2 aromatic carbocycles. The van der Waals surface area contributed by atoms with E-state index >= 15 is 0 Å². The number of rotatable bonds is 9. The van der Waals surface area contributed by atoms with Crippen molar-refractivity contribution in [3.8, 4) is 0 Å². The summed E-state index contributed by atoms with van der Waals surface area (Å²) in [6.07, 6.45) is -2.49. The number of benzene rings is 2. The van der Waals surface area contributed by atoms with Crippen molar-refractivity contribution in [2.24, 2.45) is 22.9 Å². The van der Waals surface area contributed by atoms with Crippen molar-refractivity contribution in [3.05, 3.63) is 82.2 Å². The van der Waals surface area contributed by atoms with E-state index in [1.54, 1.807) is 48.5 Å². The first-order valence-corrected chi connectivity index (χ1v) is 14.2. The van der Waals surface area contributed by atoms with E-state index in [2.05, 4.69) is 10.0 Å². The quantitative estimate of drug-likeness (QED) is 0.159. The zero-order valence-electron chi connectivity index (χ0n) is 24.2. The first-order chi connectivity index (χ1) is 19.7. The lowest BCUT2D eigenvalue weighted by molar-refractivity contribution is -0.295. The molecule has 2 saturated heterocycles. The topological polar surface area (TPSA) is 129 Å². The molecule has 2 fully saturated rings. The van der Waals surface area contributed by atoms with E-state index in [-0.39, 0.29) is 36.6 Å². The lowest BCUT2D eigenvalue weighted by atomic mass is 9.82. The lowest BCUT2D eigenvalue weighted by Gasteiger charge is -2.48. The second-order valence-corrected chi connectivity index (χ2v) is 10.9. The molecule has 0 N–H and O–H groups in total. The maximum Gasteiger partial charge on any atom is 0.338 e. The van der Waals surface area contributed by atoms with Gasteiger partial charge in [-0.15, -0.1) is 0 Å². The van der Waals surface area contributed by atoms with Crippen LogP contribution in [0.25, 0.3) is 10.4 Å². The van der Waals surface area contributed by atoms with Crippen LogP contribution < -0.4 is 0 Å². The van der Waals surface area contributed by atoms with E-state index in [4.69, 9.17) is 23.7 Å². The second kappa shape index (κ2) is 14.0. The fourth-order valence-electron chi connectivity index (χ4n) is 5.66. The third-order valence-electron chi connectivity index (χ3n) is 8.32. The van der Waals surface area contributed by atoms with E-state index < -0.39 is 42.6 Å². The summed E-state index contributed by atoms with van der Waals surface area (Å²) in [4.78, 5) is 28.6. The summed E-state index contributed by atoms with van der Waals surface area (Å²) in [5, 5.41) is 4.03. The van der Waals surface area contributed by atoms with Gasteiger partial charge in [-0.05, 0) is 55.0 Å². The van der Waals surface area contributed by atoms with Crippen molar-refractivity contribution in [1.82, 2.24) is 0 Å². The Labute approximate surface area is 240 Å². The molecule has 2 aromatic rings. The molecule has 4 rings (SSSR count). The van der Waals surface area contributed by atoms with Crippen molar-refractivity contribution < 1.29 is 33.3 Å². The SMILES string of the molecule is CC[C@@H]1OC(C)C(OC(=O)c2ccccc2)C(C)[C@@H]1OC1OC(COC(=O)c2ccccc2)C(C)[C@H](C)[C@@H]1N=[N+]=[N-]. The molecule has 10 nitrogen and oxygen atoms in total. The van der Waals surface area contributed by atoms with Gasteiger partial charge in [0.1, 0.15) is 12.7 Å². The minimum Gasteiger partial charge on any atom is -0.459 e. The van der Waals surface area contributed by atoms with Gasteiger partial charge >= 0.3 is 11.9 Å². The summed E-state index contributed by atoms with van der Waals surface area (Å²) in [6.45, 7) is 9.82. The Morgan fingerprint density at radius 2 is 1.44 bits per heavy atom. The summed E-state index contributed by atoms with van der Waals surface area (Å²) >= 11 is 0. The highest BCUT2D eigenvalue weighted by atomic mass is 16.7. The molecule has 2 aliphatic heterocycles. The highest BCUT2D eigenvalue weighted by molar-refractivity contribution is 5.89. The number of carbonyl (C=O) groups excluding carboxylic acids is 2. The average molecular weight is 566 g/mol. The van der Waals surface area contributed by atoms with E-state index in [1.165, 1.54) is 0 Å². The Bertz CT molecular complexity index is 1210. The number of azide groups is 1. The zero-order chi connectivity index (χ0) is 29.5. The summed E-state index contributed by atoms with van der Waals surface area (Å²) in [6, 6.07) is 17.0. The Balaban J connectivity index is 1.51. The molecule has 0 aliphatic carbocycles. The normalized spacial score (nSPS) is 33.3. The van der Waals surface area contributed by atoms with Gasteiger partial charge in [0.25, 0.3) is 0 Å². The van der Waals surface area contributed by atoms with Gasteiger partial charge in [-0.2, -0.15) is 0 Å². The second-order valence-electron chi connectivity index (χ2n) is 10.9. The van der Waals surface area contributed by atoms with Crippen LogP contribution >= 0.6 is 0 Å². The van der Waals surface area contributed by atoms with E-state index in [9.17, 15) is 15.1 Å². The summed E-state index contributed by atoms with van der Waals surface area (Å²) in [5.41, 5.74) is 10.3. The molecule has 0 spiro atoms. The Morgan fingerprint density at radius 3 is 2.02 bits per heavy atom. The zero-order valence-corrected chi connectivity index (χ0v) is 24.2. The minimum absolute atomic E-state index is 0.0182. The van der Waals surface area contributed by atoms with E-state index in [0.29, 0.717) is 17.5 Å². The highest BCUT2D eigenvalue weighted by Crippen LogP contribution is 2.38. The molecular weight excluding hydrogens is 526 g/mol. The summed E-state index contributed by atoms with van der Waals surface area (Å²) < 4.78 is 30.7. The van der Waals surface area contributed by atoms with Gasteiger partial charge in [-0.1, -0.05) is 69.2 Å². The van der Waals surface area contributed by atoms with Crippen LogP contribution in [0.2, 0.25) is 0 Å². The van der Waals surface area contributed by atoms with E-state index in [0.717, 1.165) is 0 Å². The predicted octanol–water partition coefficient (Wildman–Crippen LogP) is 5.96. The maximum absolute atomic E-state index is 12.9. The minimum atomic E-state index is -0.915. The van der Waals surface area contributed by atoms with Crippen LogP contribution in [-0.4, -0.2) is 61.4 Å². The van der Waals surface area contributed by atoms with Crippen LogP contribution in [0.3, 0.4) is 0 Å². The van der Waals surface area contributed by atoms with Gasteiger partial charge in [0, 0.05) is 10.8 Å². The molecular formula is C31H39N3O7. The van der Waals surface area contributed by atoms with Crippen molar-refractivity contribution in [3.63, 3.8) is 0 Å². The highest BCUT2D eigenvalue weighted by Gasteiger charge is 2.49. The number of ether oxygens (including phenoxy) is 5. The lowest BCUT2D eigenvalue weighted by Crippen LogP contribution is -2.58. The first-order valence-electron chi connectivity index (χ1n) is 14.2. The smallest absolute Gasteiger partial charge is 0.338 e. The van der Waals surface area contributed by atoms with Gasteiger partial charge in [0.15, 0.2) is 6.29 Å². The molecule has 2 heterocycles. The van der Waals surface area contributed by atoms with Crippen molar-refractivity contribution in [2.45, 2.75) is 83.9 Å². The monoisotopic (exact) mass is 565 g/mol. The molecule has 220 valence electrons. The molecule has 0 saturated carbocycles. The average Bonchev–Trinajstić information content (AvgIpc) is 2.99. The first kappa shape index (κ1) is 30.5. The number of nitrogens with zero attached hydrogens (tertiary/aromatic N) is 3. The van der Waals surface area contributed by atoms with Crippen LogP contribution in [0.15, 0.2) is 65.8 Å². The van der Waals surface area contributed by atoms with Crippen LogP contribution in [0, 0.1) is 17.8 Å². The Morgan fingerprint density at radius 1 is 0.829 bits per heavy atom. The third kappa shape index (κ3) is 7.08. The van der Waals surface area contributed by atoms with Gasteiger partial charge in [0.2, 0.25) is 0 Å². The third-order valence-corrected chi connectivity index (χ3v) is 8.32. The number of esters is 2. The van der Waals surface area contributed by atoms with E-state index in [1.807, 2.05) is 46.8 Å². The standard InChI is InChI=1S/C31H39N3O7/c1-6-24-28(20(4)27(21(5)38-24)40-30(36)23-15-11-8-12-16-23)41-31-26(33-34-32)19(3)18(2)25(39-31)17-37-29(35)22-13-9-7-10-14-22/h7-16,18-21,24-28,31H,6,17H2,1-5H3/t18?,19-,20?,21?,24-,25?,26-,27?,28-,31?/m0/s1. The molecule has 10 atom stereocenters. The largest absolute Gasteiger partial charge is 0.459 e. The number of hydrogen-bond acceptors (Lipinski definition) is 8. The molecule has 0 bridgehead atoms. The van der Waals surface area contributed by atoms with Crippen molar-refractivity contribution in [2.75, 3.05) is 6.61 Å². The van der Waals surface area contributed by atoms with Crippen LogP contribution in [-0.2, 0) is 23.7 Å². The fraction of sp³-hybridized carbons (Fsp3) is 0.548. The molecule has 2 aliphatic rings. The number of carbonyl (C=O) groups is 2. The van der Waals surface area contributed by atoms with Gasteiger partial charge < -0.3 is 23.7 Å². The van der Waals surface area contributed by atoms with Crippen LogP contribution in [0.1, 0.15) is 61.8 Å². The fourth-order valence-corrected chi connectivity index (χ4v) is 5.66. The molecule has 0 aromatic heterocycles. The van der Waals surface area contributed by atoms with Gasteiger partial charge in [-0.25, -0.2) is 9.59 Å². The number of hydrogen-bond donors (Lipinski definition) is 0. The summed E-state index contributed by atoms with van der Waals surface area (Å²) in [5.74, 6) is -1.35. The van der Waals surface area contributed by atoms with Crippen molar-refractivity contribution in [1.29, 1.82) is 0 Å². The molecule has 41 heavy (non-hydrogen) atoms. The predicted molar refractivity (Wildman–Crippen MR) is 151 cm³/mol. The molecule has 6 unspecified atom stereocenters. The molecule has 0 radical (unpaired) electrons. The maximum atomic E-state index is 12.9. The molecule has 0 amide bonds.